The zero-order valence-corrected chi connectivity index (χ0v) is 12.6. The lowest BCUT2D eigenvalue weighted by molar-refractivity contribution is 0.0984. The highest BCUT2D eigenvalue weighted by Gasteiger charge is 2.20. The molecule has 0 bridgehead atoms. The Balaban J connectivity index is 1.91. The number of aromatic nitrogens is 1. The molecule has 0 radical (unpaired) electrons. The van der Waals surface area contributed by atoms with Crippen molar-refractivity contribution in [2.75, 3.05) is 11.4 Å². The normalized spacial score (nSPS) is 14.8. The monoisotopic (exact) mass is 330 g/mol. The van der Waals surface area contributed by atoms with Crippen molar-refractivity contribution in [3.63, 3.8) is 0 Å². The molecule has 2 aromatic rings. The van der Waals surface area contributed by atoms with Gasteiger partial charge in [0.25, 0.3) is 0 Å². The Hall–Kier alpha value is -1.68. The van der Waals surface area contributed by atoms with Crippen LogP contribution >= 0.6 is 15.9 Å². The van der Waals surface area contributed by atoms with E-state index in [0.717, 1.165) is 40.9 Å². The summed E-state index contributed by atoms with van der Waals surface area (Å²) in [5, 5.41) is 0. The number of ketones is 1. The number of pyridine rings is 1. The Morgan fingerprint density at radius 3 is 2.85 bits per heavy atom. The topological polar surface area (TPSA) is 33.2 Å². The van der Waals surface area contributed by atoms with Crippen molar-refractivity contribution >= 4 is 27.4 Å². The van der Waals surface area contributed by atoms with Crippen molar-refractivity contribution < 1.29 is 4.79 Å². The minimum atomic E-state index is 0.242. The van der Waals surface area contributed by atoms with Gasteiger partial charge in [-0.25, -0.2) is 0 Å². The number of rotatable bonds is 2. The van der Waals surface area contributed by atoms with E-state index in [4.69, 9.17) is 0 Å². The highest BCUT2D eigenvalue weighted by molar-refractivity contribution is 9.10. The minimum absolute atomic E-state index is 0.242. The quantitative estimate of drug-likeness (QED) is 0.839. The zero-order chi connectivity index (χ0) is 13.9. The molecule has 3 rings (SSSR count). The van der Waals surface area contributed by atoms with Crippen LogP contribution < -0.4 is 4.90 Å². The first-order valence-corrected chi connectivity index (χ1v) is 7.51. The van der Waals surface area contributed by atoms with E-state index in [-0.39, 0.29) is 5.78 Å². The highest BCUT2D eigenvalue weighted by atomic mass is 79.9. The largest absolute Gasteiger partial charge is 0.365 e. The number of hydrogen-bond acceptors (Lipinski definition) is 3. The van der Waals surface area contributed by atoms with Crippen LogP contribution in [0.3, 0.4) is 0 Å². The predicted octanol–water partition coefficient (Wildman–Crippen LogP) is 3.83. The maximum absolute atomic E-state index is 12.1. The molecule has 0 unspecified atom stereocenters. The van der Waals surface area contributed by atoms with Gasteiger partial charge in [-0.3, -0.25) is 9.78 Å². The molecular formula is C16H15BrN2O. The Bertz CT molecular complexity index is 625. The van der Waals surface area contributed by atoms with E-state index in [2.05, 4.69) is 25.8 Å². The summed E-state index contributed by atoms with van der Waals surface area (Å²) >= 11 is 3.40. The number of para-hydroxylation sites is 1. The van der Waals surface area contributed by atoms with E-state index in [9.17, 15) is 4.79 Å². The second kappa shape index (κ2) is 5.75. The molecule has 2 heterocycles. The lowest BCUT2D eigenvalue weighted by atomic mass is 10.1. The number of hydrogen-bond donors (Lipinski definition) is 0. The molecule has 0 saturated carbocycles. The first-order valence-electron chi connectivity index (χ1n) is 6.71. The highest BCUT2D eigenvalue weighted by Crippen LogP contribution is 2.27. The molecular weight excluding hydrogens is 316 g/mol. The maximum atomic E-state index is 12.1. The van der Waals surface area contributed by atoms with Gasteiger partial charge in [-0.2, -0.15) is 0 Å². The molecule has 0 N–H and O–H groups in total. The Labute approximate surface area is 126 Å². The lowest BCUT2D eigenvalue weighted by Crippen LogP contribution is -2.24. The molecule has 0 aliphatic carbocycles. The molecule has 0 amide bonds. The van der Waals surface area contributed by atoms with Crippen molar-refractivity contribution in [3.05, 3.63) is 58.3 Å². The van der Waals surface area contributed by atoms with E-state index >= 15 is 0 Å². The number of fused-ring (bicyclic) bond motifs is 1. The number of nitrogens with zero attached hydrogens (tertiary/aromatic N) is 2. The fourth-order valence-corrected chi connectivity index (χ4v) is 2.77. The van der Waals surface area contributed by atoms with Crippen molar-refractivity contribution in [2.45, 2.75) is 19.4 Å². The zero-order valence-electron chi connectivity index (χ0n) is 11.1. The maximum Gasteiger partial charge on any atom is 0.165 e. The van der Waals surface area contributed by atoms with Gasteiger partial charge >= 0.3 is 0 Å². The Morgan fingerprint density at radius 1 is 1.20 bits per heavy atom. The average molecular weight is 331 g/mol. The van der Waals surface area contributed by atoms with Crippen LogP contribution in [0, 0.1) is 0 Å². The van der Waals surface area contributed by atoms with Crippen molar-refractivity contribution in [2.24, 2.45) is 0 Å². The SMILES string of the molecule is O=C1CCCN(Cc2ccc(Br)cn2)c2ccccc21. The fourth-order valence-electron chi connectivity index (χ4n) is 2.53. The van der Waals surface area contributed by atoms with E-state index in [1.807, 2.05) is 42.6 Å². The van der Waals surface area contributed by atoms with Gasteiger partial charge in [0.1, 0.15) is 0 Å². The van der Waals surface area contributed by atoms with Crippen molar-refractivity contribution in [3.8, 4) is 0 Å². The van der Waals surface area contributed by atoms with E-state index in [1.165, 1.54) is 0 Å². The summed E-state index contributed by atoms with van der Waals surface area (Å²) in [7, 11) is 0. The smallest absolute Gasteiger partial charge is 0.165 e. The molecule has 1 aromatic carbocycles. The van der Waals surface area contributed by atoms with E-state index in [0.29, 0.717) is 6.42 Å². The summed E-state index contributed by atoms with van der Waals surface area (Å²) in [4.78, 5) is 18.8. The van der Waals surface area contributed by atoms with Crippen LogP contribution in [0.25, 0.3) is 0 Å². The number of benzene rings is 1. The summed E-state index contributed by atoms with van der Waals surface area (Å²) in [6, 6.07) is 11.9. The van der Waals surface area contributed by atoms with Crippen LogP contribution in [0.4, 0.5) is 5.69 Å². The third-order valence-electron chi connectivity index (χ3n) is 3.52. The molecule has 102 valence electrons. The lowest BCUT2D eigenvalue weighted by Gasteiger charge is -2.24. The summed E-state index contributed by atoms with van der Waals surface area (Å²) in [5.41, 5.74) is 2.87. The molecule has 0 fully saturated rings. The van der Waals surface area contributed by atoms with Gasteiger partial charge in [0.05, 0.1) is 12.2 Å². The van der Waals surface area contributed by atoms with Crippen molar-refractivity contribution in [1.82, 2.24) is 4.98 Å². The first kappa shape index (κ1) is 13.3. The molecule has 0 saturated heterocycles. The van der Waals surface area contributed by atoms with E-state index < -0.39 is 0 Å². The molecule has 4 heteroatoms. The number of halogens is 1. The molecule has 1 aromatic heterocycles. The standard InChI is InChI=1S/C16H15BrN2O/c17-12-7-8-13(18-10-12)11-19-9-3-6-16(20)14-4-1-2-5-15(14)19/h1-2,4-5,7-8,10H,3,6,9,11H2. The first-order chi connectivity index (χ1) is 9.74. The third-order valence-corrected chi connectivity index (χ3v) is 3.99. The van der Waals surface area contributed by atoms with Crippen LogP contribution in [-0.4, -0.2) is 17.3 Å². The Kier molecular flexibility index (Phi) is 3.83. The van der Waals surface area contributed by atoms with Crippen LogP contribution in [0.5, 0.6) is 0 Å². The molecule has 1 aliphatic rings. The predicted molar refractivity (Wildman–Crippen MR) is 83.0 cm³/mol. The van der Waals surface area contributed by atoms with Gasteiger partial charge in [-0.15, -0.1) is 0 Å². The molecule has 0 spiro atoms. The van der Waals surface area contributed by atoms with E-state index in [1.54, 1.807) is 0 Å². The number of carbonyl (C=O) groups is 1. The summed E-state index contributed by atoms with van der Waals surface area (Å²) < 4.78 is 0.979. The Morgan fingerprint density at radius 2 is 2.05 bits per heavy atom. The molecule has 3 nitrogen and oxygen atoms in total. The third kappa shape index (κ3) is 2.75. The number of carbonyl (C=O) groups excluding carboxylic acids is 1. The van der Waals surface area contributed by atoms with Crippen LogP contribution in [0.2, 0.25) is 0 Å². The molecule has 20 heavy (non-hydrogen) atoms. The van der Waals surface area contributed by atoms with Gasteiger partial charge in [0.2, 0.25) is 0 Å². The second-order valence-electron chi connectivity index (χ2n) is 4.93. The number of anilines is 1. The van der Waals surface area contributed by atoms with Gasteiger partial charge in [0.15, 0.2) is 5.78 Å². The van der Waals surface area contributed by atoms with Crippen LogP contribution in [-0.2, 0) is 6.54 Å². The van der Waals surface area contributed by atoms with Gasteiger partial charge in [-0.05, 0) is 46.6 Å². The summed E-state index contributed by atoms with van der Waals surface area (Å²) in [6.07, 6.45) is 3.33. The van der Waals surface area contributed by atoms with Crippen LogP contribution in [0.1, 0.15) is 28.9 Å². The summed E-state index contributed by atoms with van der Waals surface area (Å²) in [6.45, 7) is 1.62. The van der Waals surface area contributed by atoms with Crippen LogP contribution in [0.15, 0.2) is 47.1 Å². The molecule has 1 aliphatic heterocycles. The summed E-state index contributed by atoms with van der Waals surface area (Å²) in [5.74, 6) is 0.242. The number of Topliss-reactive ketones (excluding diaryl/α,β-unsaturated/α-hetero) is 1. The van der Waals surface area contributed by atoms with Crippen molar-refractivity contribution in [1.29, 1.82) is 0 Å². The molecule has 0 atom stereocenters. The fraction of sp³-hybridized carbons (Fsp3) is 0.250. The average Bonchev–Trinajstić information content (AvgIpc) is 2.62. The van der Waals surface area contributed by atoms with Gasteiger partial charge in [0, 0.05) is 34.9 Å². The minimum Gasteiger partial charge on any atom is -0.365 e. The van der Waals surface area contributed by atoms with Gasteiger partial charge in [-0.1, -0.05) is 12.1 Å². The van der Waals surface area contributed by atoms with Gasteiger partial charge < -0.3 is 4.90 Å². The second-order valence-corrected chi connectivity index (χ2v) is 5.85.